The fourth-order valence-corrected chi connectivity index (χ4v) is 1.98. The molecule has 1 heterocycles. The van der Waals surface area contributed by atoms with Crippen LogP contribution in [0.5, 0.6) is 0 Å². The molecule has 0 aliphatic rings. The Morgan fingerprint density at radius 2 is 1.67 bits per heavy atom. The molecule has 0 saturated heterocycles. The molecule has 2 heteroatoms. The van der Waals surface area contributed by atoms with Crippen molar-refractivity contribution in [3.63, 3.8) is 0 Å². The summed E-state index contributed by atoms with van der Waals surface area (Å²) in [7, 11) is 0. The highest BCUT2D eigenvalue weighted by atomic mass is 16.1. The minimum absolute atomic E-state index is 0.687. The lowest BCUT2D eigenvalue weighted by molar-refractivity contribution is 0.112. The lowest BCUT2D eigenvalue weighted by atomic mass is 10.0. The summed E-state index contributed by atoms with van der Waals surface area (Å²) in [4.78, 5) is 15.0. The Balaban J connectivity index is 2.10. The number of pyridine rings is 1. The lowest BCUT2D eigenvalue weighted by Gasteiger charge is -2.03. The summed E-state index contributed by atoms with van der Waals surface area (Å²) in [6, 6.07) is 17.6. The molecular formula is C16H11NO. The van der Waals surface area contributed by atoms with Crippen molar-refractivity contribution < 1.29 is 4.79 Å². The Kier molecular flexibility index (Phi) is 2.61. The number of hydrogen-bond donors (Lipinski definition) is 0. The topological polar surface area (TPSA) is 30.0 Å². The van der Waals surface area contributed by atoms with Crippen molar-refractivity contribution in [3.8, 4) is 11.1 Å². The van der Waals surface area contributed by atoms with Gasteiger partial charge >= 0.3 is 0 Å². The third-order valence-corrected chi connectivity index (χ3v) is 2.97. The van der Waals surface area contributed by atoms with Crippen LogP contribution in [0.1, 0.15) is 10.4 Å². The number of benzene rings is 2. The van der Waals surface area contributed by atoms with Crippen molar-refractivity contribution in [1.82, 2.24) is 4.98 Å². The summed E-state index contributed by atoms with van der Waals surface area (Å²) in [5.41, 5.74) is 3.81. The van der Waals surface area contributed by atoms with E-state index in [4.69, 9.17) is 0 Å². The van der Waals surface area contributed by atoms with E-state index in [-0.39, 0.29) is 0 Å². The standard InChI is InChI=1S/C16H11NO/c18-11-12-5-7-13(8-6-12)15-9-14-3-1-2-4-16(14)17-10-15/h1-11H. The first-order valence-electron chi connectivity index (χ1n) is 5.77. The number of aldehydes is 1. The largest absolute Gasteiger partial charge is 0.298 e. The van der Waals surface area contributed by atoms with Crippen molar-refractivity contribution in [2.75, 3.05) is 0 Å². The van der Waals surface area contributed by atoms with Crippen LogP contribution in [0.25, 0.3) is 22.0 Å². The molecule has 1 aromatic heterocycles. The second kappa shape index (κ2) is 4.41. The maximum Gasteiger partial charge on any atom is 0.150 e. The van der Waals surface area contributed by atoms with Crippen LogP contribution < -0.4 is 0 Å². The molecular weight excluding hydrogens is 222 g/mol. The first-order chi connectivity index (χ1) is 8.86. The zero-order chi connectivity index (χ0) is 12.4. The molecule has 3 aromatic rings. The van der Waals surface area contributed by atoms with Crippen LogP contribution in [0, 0.1) is 0 Å². The van der Waals surface area contributed by atoms with Crippen LogP contribution in [-0.2, 0) is 0 Å². The first-order valence-corrected chi connectivity index (χ1v) is 5.77. The summed E-state index contributed by atoms with van der Waals surface area (Å²) in [6.45, 7) is 0. The van der Waals surface area contributed by atoms with Crippen molar-refractivity contribution in [1.29, 1.82) is 0 Å². The SMILES string of the molecule is O=Cc1ccc(-c2cnc3ccccc3c2)cc1. The smallest absolute Gasteiger partial charge is 0.150 e. The zero-order valence-corrected chi connectivity index (χ0v) is 9.71. The maximum atomic E-state index is 10.6. The quantitative estimate of drug-likeness (QED) is 0.631. The monoisotopic (exact) mass is 233 g/mol. The summed E-state index contributed by atoms with van der Waals surface area (Å²) in [6.07, 6.45) is 2.71. The molecule has 0 aliphatic heterocycles. The molecule has 0 aliphatic carbocycles. The van der Waals surface area contributed by atoms with E-state index in [0.29, 0.717) is 5.56 Å². The molecule has 0 radical (unpaired) electrons. The predicted molar refractivity (Wildman–Crippen MR) is 72.6 cm³/mol. The molecule has 0 N–H and O–H groups in total. The van der Waals surface area contributed by atoms with Gasteiger partial charge in [-0.15, -0.1) is 0 Å². The van der Waals surface area contributed by atoms with E-state index in [1.807, 2.05) is 54.7 Å². The lowest BCUT2D eigenvalue weighted by Crippen LogP contribution is -1.84. The van der Waals surface area contributed by atoms with Gasteiger partial charge in [-0.1, -0.05) is 42.5 Å². The van der Waals surface area contributed by atoms with Gasteiger partial charge in [-0.05, 0) is 17.7 Å². The molecule has 2 nitrogen and oxygen atoms in total. The van der Waals surface area contributed by atoms with E-state index < -0.39 is 0 Å². The molecule has 0 unspecified atom stereocenters. The van der Waals surface area contributed by atoms with E-state index in [1.165, 1.54) is 0 Å². The van der Waals surface area contributed by atoms with E-state index in [9.17, 15) is 4.79 Å². The van der Waals surface area contributed by atoms with Crippen LogP contribution in [0.3, 0.4) is 0 Å². The number of hydrogen-bond acceptors (Lipinski definition) is 2. The predicted octanol–water partition coefficient (Wildman–Crippen LogP) is 3.71. The van der Waals surface area contributed by atoms with Gasteiger partial charge in [0.2, 0.25) is 0 Å². The highest BCUT2D eigenvalue weighted by Gasteiger charge is 2.00. The number of aromatic nitrogens is 1. The Bertz CT molecular complexity index is 702. The average molecular weight is 233 g/mol. The molecule has 3 rings (SSSR count). The van der Waals surface area contributed by atoms with Gasteiger partial charge in [-0.3, -0.25) is 9.78 Å². The van der Waals surface area contributed by atoms with E-state index in [0.717, 1.165) is 28.3 Å². The number of carbonyl (C=O) groups is 1. The third kappa shape index (κ3) is 1.89. The number of rotatable bonds is 2. The van der Waals surface area contributed by atoms with Gasteiger partial charge in [0.05, 0.1) is 5.52 Å². The Labute approximate surface area is 105 Å². The fraction of sp³-hybridized carbons (Fsp3) is 0. The van der Waals surface area contributed by atoms with Gasteiger partial charge in [0.15, 0.2) is 0 Å². The van der Waals surface area contributed by atoms with Crippen molar-refractivity contribution in [2.45, 2.75) is 0 Å². The van der Waals surface area contributed by atoms with Crippen LogP contribution in [0.2, 0.25) is 0 Å². The Hall–Kier alpha value is -2.48. The number of nitrogens with zero attached hydrogens (tertiary/aromatic N) is 1. The highest BCUT2D eigenvalue weighted by molar-refractivity contribution is 5.84. The van der Waals surface area contributed by atoms with E-state index in [1.54, 1.807) is 0 Å². The zero-order valence-electron chi connectivity index (χ0n) is 9.71. The Morgan fingerprint density at radius 1 is 0.889 bits per heavy atom. The van der Waals surface area contributed by atoms with Gasteiger partial charge < -0.3 is 0 Å². The van der Waals surface area contributed by atoms with Crippen LogP contribution in [0.15, 0.2) is 60.8 Å². The molecule has 0 saturated carbocycles. The summed E-state index contributed by atoms with van der Waals surface area (Å²) in [5.74, 6) is 0. The van der Waals surface area contributed by atoms with E-state index >= 15 is 0 Å². The summed E-state index contributed by atoms with van der Waals surface area (Å²) >= 11 is 0. The van der Waals surface area contributed by atoms with Gasteiger partial charge in [0, 0.05) is 22.7 Å². The molecule has 0 spiro atoms. The Morgan fingerprint density at radius 3 is 2.44 bits per heavy atom. The average Bonchev–Trinajstić information content (AvgIpc) is 2.47. The molecule has 0 fully saturated rings. The van der Waals surface area contributed by atoms with E-state index in [2.05, 4.69) is 11.1 Å². The molecule has 0 atom stereocenters. The molecule has 86 valence electrons. The fourth-order valence-electron chi connectivity index (χ4n) is 1.98. The highest BCUT2D eigenvalue weighted by Crippen LogP contribution is 2.22. The first kappa shape index (κ1) is 10.7. The van der Waals surface area contributed by atoms with Crippen molar-refractivity contribution in [2.24, 2.45) is 0 Å². The minimum Gasteiger partial charge on any atom is -0.298 e. The van der Waals surface area contributed by atoms with Gasteiger partial charge in [-0.25, -0.2) is 0 Å². The summed E-state index contributed by atoms with van der Waals surface area (Å²) < 4.78 is 0. The molecule has 18 heavy (non-hydrogen) atoms. The van der Waals surface area contributed by atoms with Gasteiger partial charge in [-0.2, -0.15) is 0 Å². The third-order valence-electron chi connectivity index (χ3n) is 2.97. The minimum atomic E-state index is 0.687. The number of carbonyl (C=O) groups excluding carboxylic acids is 1. The molecule has 2 aromatic carbocycles. The second-order valence-corrected chi connectivity index (χ2v) is 4.16. The van der Waals surface area contributed by atoms with Gasteiger partial charge in [0.1, 0.15) is 6.29 Å². The molecule has 0 bridgehead atoms. The normalized spacial score (nSPS) is 10.4. The van der Waals surface area contributed by atoms with Crippen LogP contribution >= 0.6 is 0 Å². The van der Waals surface area contributed by atoms with Crippen molar-refractivity contribution in [3.05, 3.63) is 66.4 Å². The second-order valence-electron chi connectivity index (χ2n) is 4.16. The molecule has 0 amide bonds. The van der Waals surface area contributed by atoms with Crippen molar-refractivity contribution >= 4 is 17.2 Å². The van der Waals surface area contributed by atoms with Crippen LogP contribution in [0.4, 0.5) is 0 Å². The van der Waals surface area contributed by atoms with Crippen LogP contribution in [-0.4, -0.2) is 11.3 Å². The maximum absolute atomic E-state index is 10.6. The number of para-hydroxylation sites is 1. The number of fused-ring (bicyclic) bond motifs is 1. The summed E-state index contributed by atoms with van der Waals surface area (Å²) in [5, 5.41) is 1.12. The van der Waals surface area contributed by atoms with Gasteiger partial charge in [0.25, 0.3) is 0 Å².